The van der Waals surface area contributed by atoms with Crippen molar-refractivity contribution in [2.24, 2.45) is 5.92 Å². The monoisotopic (exact) mass is 155 g/mol. The van der Waals surface area contributed by atoms with Crippen LogP contribution in [-0.2, 0) is 4.74 Å². The molecule has 1 N–H and O–H groups in total. The fourth-order valence-electron chi connectivity index (χ4n) is 2.39. The van der Waals surface area contributed by atoms with E-state index < -0.39 is 0 Å². The van der Waals surface area contributed by atoms with Gasteiger partial charge in [-0.1, -0.05) is 0 Å². The number of hydrogen-bond acceptors (Lipinski definition) is 2. The van der Waals surface area contributed by atoms with Gasteiger partial charge in [-0.3, -0.25) is 5.32 Å². The molecule has 0 aromatic carbocycles. The number of nitrogens with one attached hydrogen (secondary N) is 1. The predicted molar refractivity (Wildman–Crippen MR) is 44.3 cm³/mol. The highest BCUT2D eigenvalue weighted by molar-refractivity contribution is 4.88. The third kappa shape index (κ3) is 1.30. The Balaban J connectivity index is 2.10. The van der Waals surface area contributed by atoms with Gasteiger partial charge in [-0.2, -0.15) is 0 Å². The maximum atomic E-state index is 5.53. The molecule has 3 aliphatic rings. The largest absolute Gasteiger partial charge is 0.364 e. The van der Waals surface area contributed by atoms with Gasteiger partial charge >= 0.3 is 0 Å². The molecular formula is C9H17NO. The zero-order valence-electron chi connectivity index (χ0n) is 7.23. The van der Waals surface area contributed by atoms with Crippen molar-refractivity contribution in [2.45, 2.75) is 37.8 Å². The SMILES string of the molecule is COC12CCC(CCN1)CC2. The van der Waals surface area contributed by atoms with E-state index in [1.807, 2.05) is 7.11 Å². The fraction of sp³-hybridized carbons (Fsp3) is 1.00. The molecule has 2 saturated heterocycles. The van der Waals surface area contributed by atoms with Crippen molar-refractivity contribution >= 4 is 0 Å². The third-order valence-corrected chi connectivity index (χ3v) is 3.30. The Labute approximate surface area is 68.3 Å². The second-order valence-corrected chi connectivity index (χ2v) is 3.86. The first kappa shape index (κ1) is 7.56. The molecule has 2 nitrogen and oxygen atoms in total. The Morgan fingerprint density at radius 2 is 2.00 bits per heavy atom. The zero-order chi connectivity index (χ0) is 7.73. The number of hydrogen-bond donors (Lipinski definition) is 1. The van der Waals surface area contributed by atoms with Gasteiger partial charge in [0, 0.05) is 7.11 Å². The van der Waals surface area contributed by atoms with Crippen LogP contribution in [0.15, 0.2) is 0 Å². The molecule has 0 spiro atoms. The van der Waals surface area contributed by atoms with Crippen LogP contribution in [0, 0.1) is 5.92 Å². The normalized spacial score (nSPS) is 43.9. The topological polar surface area (TPSA) is 21.3 Å². The van der Waals surface area contributed by atoms with Gasteiger partial charge in [0.1, 0.15) is 5.72 Å². The minimum atomic E-state index is 0.0625. The summed E-state index contributed by atoms with van der Waals surface area (Å²) in [5.41, 5.74) is 0.0625. The Kier molecular flexibility index (Phi) is 1.90. The van der Waals surface area contributed by atoms with Crippen molar-refractivity contribution < 1.29 is 4.74 Å². The molecular weight excluding hydrogens is 138 g/mol. The van der Waals surface area contributed by atoms with Crippen LogP contribution in [0.25, 0.3) is 0 Å². The van der Waals surface area contributed by atoms with Gasteiger partial charge in [0.2, 0.25) is 0 Å². The van der Waals surface area contributed by atoms with E-state index in [4.69, 9.17) is 4.74 Å². The molecule has 1 aliphatic carbocycles. The standard InChI is InChI=1S/C9H17NO/c1-11-9-5-2-8(3-6-9)4-7-10-9/h8,10H,2-7H2,1H3. The Morgan fingerprint density at radius 3 is 2.64 bits per heavy atom. The van der Waals surface area contributed by atoms with Crippen molar-refractivity contribution in [1.29, 1.82) is 0 Å². The molecule has 2 bridgehead atoms. The van der Waals surface area contributed by atoms with Crippen molar-refractivity contribution in [3.63, 3.8) is 0 Å². The molecule has 0 aromatic heterocycles. The summed E-state index contributed by atoms with van der Waals surface area (Å²) >= 11 is 0. The minimum absolute atomic E-state index is 0.0625. The van der Waals surface area contributed by atoms with E-state index in [1.54, 1.807) is 0 Å². The smallest absolute Gasteiger partial charge is 0.118 e. The summed E-state index contributed by atoms with van der Waals surface area (Å²) in [6.45, 7) is 1.15. The minimum Gasteiger partial charge on any atom is -0.364 e. The summed E-state index contributed by atoms with van der Waals surface area (Å²) in [5, 5.41) is 3.51. The third-order valence-electron chi connectivity index (χ3n) is 3.30. The van der Waals surface area contributed by atoms with Crippen molar-refractivity contribution in [3.8, 4) is 0 Å². The predicted octanol–water partition coefficient (Wildman–Crippen LogP) is 1.51. The van der Waals surface area contributed by atoms with Gasteiger partial charge in [-0.25, -0.2) is 0 Å². The van der Waals surface area contributed by atoms with E-state index in [0.717, 1.165) is 12.5 Å². The van der Waals surface area contributed by atoms with E-state index in [9.17, 15) is 0 Å². The van der Waals surface area contributed by atoms with Crippen molar-refractivity contribution in [2.75, 3.05) is 13.7 Å². The number of ether oxygens (including phenoxy) is 1. The molecule has 3 fully saturated rings. The average Bonchev–Trinajstić information content (AvgIpc) is 2.37. The summed E-state index contributed by atoms with van der Waals surface area (Å²) in [6.07, 6.45) is 6.51. The lowest BCUT2D eigenvalue weighted by molar-refractivity contribution is -0.0619. The first-order valence-electron chi connectivity index (χ1n) is 4.65. The fourth-order valence-corrected chi connectivity index (χ4v) is 2.39. The second-order valence-electron chi connectivity index (χ2n) is 3.86. The van der Waals surface area contributed by atoms with Crippen LogP contribution in [0.2, 0.25) is 0 Å². The highest BCUT2D eigenvalue weighted by Crippen LogP contribution is 2.36. The summed E-state index contributed by atoms with van der Waals surface area (Å²) in [5.74, 6) is 0.980. The molecule has 0 atom stereocenters. The van der Waals surface area contributed by atoms with E-state index in [2.05, 4.69) is 5.32 Å². The highest BCUT2D eigenvalue weighted by Gasteiger charge is 2.37. The molecule has 11 heavy (non-hydrogen) atoms. The van der Waals surface area contributed by atoms with Crippen LogP contribution < -0.4 is 5.32 Å². The quantitative estimate of drug-likeness (QED) is 0.619. The Morgan fingerprint density at radius 1 is 1.27 bits per heavy atom. The maximum absolute atomic E-state index is 5.53. The Hall–Kier alpha value is -0.0800. The van der Waals surface area contributed by atoms with Gasteiger partial charge < -0.3 is 4.74 Å². The maximum Gasteiger partial charge on any atom is 0.118 e. The van der Waals surface area contributed by atoms with Crippen LogP contribution in [0.3, 0.4) is 0 Å². The van der Waals surface area contributed by atoms with E-state index >= 15 is 0 Å². The zero-order valence-corrected chi connectivity index (χ0v) is 7.23. The molecule has 0 aromatic rings. The van der Waals surface area contributed by atoms with Crippen LogP contribution in [0.5, 0.6) is 0 Å². The molecule has 0 amide bonds. The van der Waals surface area contributed by atoms with Crippen LogP contribution >= 0.6 is 0 Å². The van der Waals surface area contributed by atoms with Crippen molar-refractivity contribution in [1.82, 2.24) is 5.32 Å². The molecule has 2 aliphatic heterocycles. The molecule has 2 heterocycles. The lowest BCUT2D eigenvalue weighted by Gasteiger charge is -2.35. The number of methoxy groups -OCH3 is 1. The summed E-state index contributed by atoms with van der Waals surface area (Å²) in [7, 11) is 1.83. The molecule has 0 radical (unpaired) electrons. The van der Waals surface area contributed by atoms with E-state index in [0.29, 0.717) is 0 Å². The van der Waals surface area contributed by atoms with Crippen LogP contribution in [0.1, 0.15) is 32.1 Å². The molecule has 1 saturated carbocycles. The van der Waals surface area contributed by atoms with Gasteiger partial charge in [0.05, 0.1) is 0 Å². The number of rotatable bonds is 1. The number of fused-ring (bicyclic) bond motifs is 4. The lowest BCUT2D eigenvalue weighted by Crippen LogP contribution is -2.46. The summed E-state index contributed by atoms with van der Waals surface area (Å²) in [4.78, 5) is 0. The summed E-state index contributed by atoms with van der Waals surface area (Å²) < 4.78 is 5.53. The first-order valence-corrected chi connectivity index (χ1v) is 4.65. The highest BCUT2D eigenvalue weighted by atomic mass is 16.5. The molecule has 64 valence electrons. The lowest BCUT2D eigenvalue weighted by atomic mass is 9.84. The van der Waals surface area contributed by atoms with Gasteiger partial charge in [0.25, 0.3) is 0 Å². The van der Waals surface area contributed by atoms with Crippen LogP contribution in [-0.4, -0.2) is 19.4 Å². The van der Waals surface area contributed by atoms with Gasteiger partial charge in [-0.15, -0.1) is 0 Å². The Bertz CT molecular complexity index is 133. The molecule has 0 unspecified atom stereocenters. The van der Waals surface area contributed by atoms with E-state index in [-0.39, 0.29) is 5.72 Å². The average molecular weight is 155 g/mol. The van der Waals surface area contributed by atoms with E-state index in [1.165, 1.54) is 32.1 Å². The van der Waals surface area contributed by atoms with Crippen molar-refractivity contribution in [3.05, 3.63) is 0 Å². The second kappa shape index (κ2) is 2.76. The first-order chi connectivity index (χ1) is 5.35. The summed E-state index contributed by atoms with van der Waals surface area (Å²) in [6, 6.07) is 0. The van der Waals surface area contributed by atoms with Gasteiger partial charge in [0.15, 0.2) is 0 Å². The van der Waals surface area contributed by atoms with Gasteiger partial charge in [-0.05, 0) is 44.6 Å². The molecule has 2 heteroatoms. The van der Waals surface area contributed by atoms with Crippen LogP contribution in [0.4, 0.5) is 0 Å². The molecule has 3 rings (SSSR count).